The Kier molecular flexibility index (Phi) is 4.57. The number of carbonyl (C=O) groups excluding carboxylic acids is 1. The Morgan fingerprint density at radius 2 is 1.90 bits per heavy atom. The molecule has 0 aliphatic carbocycles. The topological polar surface area (TPSA) is 53.0 Å². The van der Waals surface area contributed by atoms with E-state index in [9.17, 15) is 4.79 Å². The average molecular weight is 302 g/mol. The number of rotatable bonds is 3. The lowest BCUT2D eigenvalue weighted by Gasteiger charge is -2.19. The maximum atomic E-state index is 11.2. The zero-order valence-corrected chi connectivity index (χ0v) is 13.8. The molecule has 3 nitrogen and oxygen atoms in total. The van der Waals surface area contributed by atoms with E-state index in [4.69, 9.17) is 5.41 Å². The van der Waals surface area contributed by atoms with E-state index in [0.29, 0.717) is 5.92 Å². The van der Waals surface area contributed by atoms with Gasteiger partial charge in [-0.3, -0.25) is 10.2 Å². The van der Waals surface area contributed by atoms with Crippen LogP contribution in [0.4, 0.5) is 4.79 Å². The number of amides is 1. The summed E-state index contributed by atoms with van der Waals surface area (Å²) in [7, 11) is 0. The van der Waals surface area contributed by atoms with Crippen molar-refractivity contribution in [2.24, 2.45) is 5.92 Å². The van der Waals surface area contributed by atoms with Gasteiger partial charge < -0.3 is 5.32 Å². The SMILES string of the molecule is CC(C=C1SC(=O)NC1=N)Cc1ccc(C(C)(C)C)cc1. The second-order valence-electron chi connectivity index (χ2n) is 6.55. The van der Waals surface area contributed by atoms with Crippen molar-refractivity contribution in [1.82, 2.24) is 5.32 Å². The third kappa shape index (κ3) is 4.21. The highest BCUT2D eigenvalue weighted by atomic mass is 32.2. The lowest BCUT2D eigenvalue weighted by Crippen LogP contribution is -2.17. The largest absolute Gasteiger partial charge is 0.301 e. The van der Waals surface area contributed by atoms with Crippen molar-refractivity contribution in [2.75, 3.05) is 0 Å². The number of allylic oxidation sites excluding steroid dienone is 1. The Morgan fingerprint density at radius 3 is 2.38 bits per heavy atom. The lowest BCUT2D eigenvalue weighted by molar-refractivity contribution is 0.265. The van der Waals surface area contributed by atoms with Gasteiger partial charge in [0.15, 0.2) is 0 Å². The Balaban J connectivity index is 2.03. The molecule has 1 atom stereocenters. The second-order valence-corrected chi connectivity index (χ2v) is 7.56. The monoisotopic (exact) mass is 302 g/mol. The molecule has 0 radical (unpaired) electrons. The van der Waals surface area contributed by atoms with Gasteiger partial charge in [-0.25, -0.2) is 0 Å². The maximum Gasteiger partial charge on any atom is 0.289 e. The molecule has 1 saturated heterocycles. The van der Waals surface area contributed by atoms with E-state index in [1.807, 2.05) is 6.08 Å². The van der Waals surface area contributed by atoms with Crippen LogP contribution in [0.3, 0.4) is 0 Å². The number of nitrogens with one attached hydrogen (secondary N) is 2. The first-order valence-electron chi connectivity index (χ1n) is 7.14. The first-order valence-corrected chi connectivity index (χ1v) is 7.96. The molecule has 1 unspecified atom stereocenters. The van der Waals surface area contributed by atoms with Gasteiger partial charge >= 0.3 is 0 Å². The van der Waals surface area contributed by atoms with Gasteiger partial charge in [0.25, 0.3) is 5.24 Å². The number of carbonyl (C=O) groups is 1. The number of amidine groups is 1. The number of benzene rings is 1. The van der Waals surface area contributed by atoms with Crippen molar-refractivity contribution in [3.05, 3.63) is 46.4 Å². The minimum absolute atomic E-state index is 0.159. The van der Waals surface area contributed by atoms with Crippen molar-refractivity contribution in [2.45, 2.75) is 39.5 Å². The van der Waals surface area contributed by atoms with E-state index in [1.165, 1.54) is 11.1 Å². The molecule has 2 rings (SSSR count). The predicted molar refractivity (Wildman–Crippen MR) is 89.9 cm³/mol. The van der Waals surface area contributed by atoms with Gasteiger partial charge in [-0.1, -0.05) is 58.0 Å². The molecule has 1 aromatic rings. The van der Waals surface area contributed by atoms with E-state index in [1.54, 1.807) is 0 Å². The molecule has 0 bridgehead atoms. The van der Waals surface area contributed by atoms with Crippen molar-refractivity contribution in [3.8, 4) is 0 Å². The molecule has 112 valence electrons. The summed E-state index contributed by atoms with van der Waals surface area (Å²) in [6.45, 7) is 8.74. The van der Waals surface area contributed by atoms with Crippen LogP contribution in [-0.2, 0) is 11.8 Å². The van der Waals surface area contributed by atoms with E-state index >= 15 is 0 Å². The fourth-order valence-corrected chi connectivity index (χ4v) is 3.09. The highest BCUT2D eigenvalue weighted by Gasteiger charge is 2.22. The molecule has 1 aromatic carbocycles. The molecule has 0 spiro atoms. The Morgan fingerprint density at radius 1 is 1.29 bits per heavy atom. The third-order valence-corrected chi connectivity index (χ3v) is 4.34. The zero-order valence-electron chi connectivity index (χ0n) is 13.0. The Hall–Kier alpha value is -1.55. The van der Waals surface area contributed by atoms with E-state index in [2.05, 4.69) is 57.3 Å². The molecule has 1 heterocycles. The van der Waals surface area contributed by atoms with Crippen LogP contribution < -0.4 is 5.32 Å². The van der Waals surface area contributed by atoms with Crippen molar-refractivity contribution >= 4 is 22.8 Å². The fraction of sp³-hybridized carbons (Fsp3) is 0.412. The number of hydrogen-bond acceptors (Lipinski definition) is 3. The van der Waals surface area contributed by atoms with Gasteiger partial charge in [-0.05, 0) is 40.6 Å². The van der Waals surface area contributed by atoms with Crippen LogP contribution in [0.15, 0.2) is 35.2 Å². The number of hydrogen-bond donors (Lipinski definition) is 2. The summed E-state index contributed by atoms with van der Waals surface area (Å²) in [5, 5.41) is 10.0. The standard InChI is InChI=1S/C17H22N2OS/c1-11(10-14-15(18)19-16(20)21-14)9-12-5-7-13(8-6-12)17(2,3)4/h5-8,10-11H,9H2,1-4H3,(H2,18,19,20). The summed E-state index contributed by atoms with van der Waals surface area (Å²) < 4.78 is 0. The molecule has 0 saturated carbocycles. The smallest absolute Gasteiger partial charge is 0.289 e. The van der Waals surface area contributed by atoms with E-state index in [0.717, 1.165) is 23.1 Å². The first-order chi connectivity index (χ1) is 9.75. The minimum Gasteiger partial charge on any atom is -0.301 e. The Bertz CT molecular complexity index is 582. The van der Waals surface area contributed by atoms with Crippen LogP contribution in [-0.4, -0.2) is 11.1 Å². The summed E-state index contributed by atoms with van der Waals surface area (Å²) in [6, 6.07) is 8.72. The van der Waals surface area contributed by atoms with Crippen LogP contribution >= 0.6 is 11.8 Å². The van der Waals surface area contributed by atoms with Gasteiger partial charge in [0, 0.05) is 0 Å². The van der Waals surface area contributed by atoms with Crippen LogP contribution in [0.1, 0.15) is 38.8 Å². The van der Waals surface area contributed by atoms with E-state index in [-0.39, 0.29) is 16.5 Å². The van der Waals surface area contributed by atoms with Gasteiger partial charge in [0.05, 0.1) is 4.91 Å². The Labute approximate surface area is 130 Å². The molecule has 21 heavy (non-hydrogen) atoms. The molecule has 2 N–H and O–H groups in total. The molecular weight excluding hydrogens is 280 g/mol. The minimum atomic E-state index is -0.159. The second kappa shape index (κ2) is 6.06. The first kappa shape index (κ1) is 15.8. The molecule has 4 heteroatoms. The van der Waals surface area contributed by atoms with E-state index < -0.39 is 0 Å². The molecule has 1 fully saturated rings. The normalized spacial score (nSPS) is 19.0. The highest BCUT2D eigenvalue weighted by Crippen LogP contribution is 2.26. The van der Waals surface area contributed by atoms with Gasteiger partial charge in [-0.15, -0.1) is 0 Å². The summed E-state index contributed by atoms with van der Waals surface area (Å²) in [5.74, 6) is 0.515. The van der Waals surface area contributed by atoms with Gasteiger partial charge in [-0.2, -0.15) is 0 Å². The van der Waals surface area contributed by atoms with Crippen molar-refractivity contribution in [3.63, 3.8) is 0 Å². The lowest BCUT2D eigenvalue weighted by atomic mass is 9.86. The molecule has 0 aromatic heterocycles. The van der Waals surface area contributed by atoms with Crippen molar-refractivity contribution in [1.29, 1.82) is 5.41 Å². The summed E-state index contributed by atoms with van der Waals surface area (Å²) >= 11 is 1.10. The molecule has 1 aliphatic rings. The molecule has 1 amide bonds. The maximum absolute atomic E-state index is 11.2. The highest BCUT2D eigenvalue weighted by molar-refractivity contribution is 8.18. The third-order valence-electron chi connectivity index (χ3n) is 3.49. The molecule has 1 aliphatic heterocycles. The number of thioether (sulfide) groups is 1. The van der Waals surface area contributed by atoms with Gasteiger partial charge in [0.1, 0.15) is 5.84 Å². The van der Waals surface area contributed by atoms with Gasteiger partial charge in [0.2, 0.25) is 0 Å². The summed E-state index contributed by atoms with van der Waals surface area (Å²) in [4.78, 5) is 11.9. The van der Waals surface area contributed by atoms with Crippen LogP contribution in [0.2, 0.25) is 0 Å². The quantitative estimate of drug-likeness (QED) is 0.865. The molecular formula is C17H22N2OS. The fourth-order valence-electron chi connectivity index (χ4n) is 2.29. The van der Waals surface area contributed by atoms with Crippen LogP contribution in [0.5, 0.6) is 0 Å². The predicted octanol–water partition coefficient (Wildman–Crippen LogP) is 4.48. The zero-order chi connectivity index (χ0) is 15.6. The van der Waals surface area contributed by atoms with Crippen LogP contribution in [0.25, 0.3) is 0 Å². The van der Waals surface area contributed by atoms with Crippen LogP contribution in [0, 0.1) is 11.3 Å². The van der Waals surface area contributed by atoms with Crippen molar-refractivity contribution < 1.29 is 4.79 Å². The summed E-state index contributed by atoms with van der Waals surface area (Å²) in [5.41, 5.74) is 2.79. The summed E-state index contributed by atoms with van der Waals surface area (Å²) in [6.07, 6.45) is 2.92. The average Bonchev–Trinajstić information content (AvgIpc) is 2.67.